The van der Waals surface area contributed by atoms with E-state index in [2.05, 4.69) is 82.5 Å². The van der Waals surface area contributed by atoms with Crippen molar-refractivity contribution in [2.24, 2.45) is 0 Å². The normalized spacial score (nSPS) is 18.0. The van der Waals surface area contributed by atoms with Crippen molar-refractivity contribution in [2.75, 3.05) is 24.5 Å². The van der Waals surface area contributed by atoms with Gasteiger partial charge in [0.15, 0.2) is 0 Å². The number of rotatable bonds is 3. The van der Waals surface area contributed by atoms with Gasteiger partial charge < -0.3 is 9.80 Å². The highest BCUT2D eigenvalue weighted by atomic mass is 31.2. The summed E-state index contributed by atoms with van der Waals surface area (Å²) in [4.78, 5) is 4.70. The summed E-state index contributed by atoms with van der Waals surface area (Å²) in [5.41, 5.74) is 5.33. The second-order valence-corrected chi connectivity index (χ2v) is 12.0. The van der Waals surface area contributed by atoms with Crippen LogP contribution in [0, 0.1) is 20.8 Å². The minimum atomic E-state index is -1.48. The second-order valence-electron chi connectivity index (χ2n) is 7.83. The quantitative estimate of drug-likeness (QED) is 0.592. The van der Waals surface area contributed by atoms with E-state index < -0.39 is 7.14 Å². The topological polar surface area (TPSA) is 6.48 Å². The molecule has 22 heavy (non-hydrogen) atoms. The fraction of sp³-hybridized carbons (Fsp3) is 0.556. The maximum atomic E-state index is 6.65. The number of benzene rings is 1. The van der Waals surface area contributed by atoms with Crippen LogP contribution in [0.5, 0.6) is 0 Å². The van der Waals surface area contributed by atoms with Gasteiger partial charge in [0, 0.05) is 24.8 Å². The van der Waals surface area contributed by atoms with Gasteiger partial charge >= 0.3 is 7.57 Å². The molecular formula is C18H29BN2P+. The molecule has 0 aliphatic carbocycles. The highest BCUT2D eigenvalue weighted by Gasteiger charge is 2.41. The van der Waals surface area contributed by atoms with Crippen molar-refractivity contribution in [2.45, 2.75) is 46.7 Å². The molecule has 4 heteroatoms. The molecule has 0 saturated carbocycles. The molecule has 0 spiro atoms. The average Bonchev–Trinajstić information content (AvgIpc) is 2.73. The van der Waals surface area contributed by atoms with Crippen molar-refractivity contribution in [1.82, 2.24) is 4.90 Å². The van der Waals surface area contributed by atoms with E-state index in [1.54, 1.807) is 0 Å². The summed E-state index contributed by atoms with van der Waals surface area (Å²) in [6.45, 7) is 16.5. The third-order valence-electron chi connectivity index (χ3n) is 4.72. The summed E-state index contributed by atoms with van der Waals surface area (Å²) in [6.07, 6.45) is 5.34. The van der Waals surface area contributed by atoms with Crippen molar-refractivity contribution < 1.29 is 0 Å². The van der Waals surface area contributed by atoms with E-state index in [-0.39, 0.29) is 5.16 Å². The SMILES string of the molecule is [B][P+](C)(CN1C=CN(c2c(C)cc(C)cc2C)C1)C(C)(C)C. The lowest BCUT2D eigenvalue weighted by atomic mass is 10.0. The minimum Gasteiger partial charge on any atom is -0.328 e. The lowest BCUT2D eigenvalue weighted by Crippen LogP contribution is -2.32. The van der Waals surface area contributed by atoms with Crippen molar-refractivity contribution in [1.29, 1.82) is 0 Å². The maximum Gasteiger partial charge on any atom is 0.367 e. The molecule has 2 radical (unpaired) electrons. The Morgan fingerprint density at radius 1 is 1.09 bits per heavy atom. The number of aryl methyl sites for hydroxylation is 3. The van der Waals surface area contributed by atoms with E-state index in [0.29, 0.717) is 0 Å². The molecule has 0 bridgehead atoms. The molecule has 0 aromatic heterocycles. The van der Waals surface area contributed by atoms with Crippen LogP contribution >= 0.6 is 7.14 Å². The fourth-order valence-electron chi connectivity index (χ4n) is 2.92. The molecule has 1 heterocycles. The molecule has 2 nitrogen and oxygen atoms in total. The monoisotopic (exact) mass is 315 g/mol. The lowest BCUT2D eigenvalue weighted by molar-refractivity contribution is 0.468. The van der Waals surface area contributed by atoms with Crippen LogP contribution in [-0.4, -0.2) is 37.2 Å². The van der Waals surface area contributed by atoms with Gasteiger partial charge in [0.25, 0.3) is 0 Å². The largest absolute Gasteiger partial charge is 0.367 e. The summed E-state index contributed by atoms with van der Waals surface area (Å²) < 4.78 is 0. The van der Waals surface area contributed by atoms with Crippen LogP contribution in [0.25, 0.3) is 0 Å². The standard InChI is InChI=1S/C18H29BN2P/c1-14-10-15(2)17(16(3)11-14)21-9-8-20(12-21)13-22(7,19)18(4,5)6/h8-11H,12-13H2,1-7H3/q+1. The zero-order chi connectivity index (χ0) is 16.7. The number of hydrogen-bond acceptors (Lipinski definition) is 2. The Labute approximate surface area is 138 Å². The van der Waals surface area contributed by atoms with Gasteiger partial charge in [-0.1, -0.05) is 17.7 Å². The first-order valence-corrected chi connectivity index (χ1v) is 10.4. The predicted octanol–water partition coefficient (Wildman–Crippen LogP) is 4.65. The van der Waals surface area contributed by atoms with Crippen LogP contribution in [0.1, 0.15) is 37.5 Å². The summed E-state index contributed by atoms with van der Waals surface area (Å²) in [5.74, 6) is 0. The molecule has 0 N–H and O–H groups in total. The van der Waals surface area contributed by atoms with Gasteiger partial charge in [-0.25, -0.2) is 0 Å². The van der Waals surface area contributed by atoms with Crippen molar-refractivity contribution >= 4 is 20.4 Å². The summed E-state index contributed by atoms with van der Waals surface area (Å²) >= 11 is 0. The van der Waals surface area contributed by atoms with Crippen molar-refractivity contribution in [3.8, 4) is 0 Å². The zero-order valence-electron chi connectivity index (χ0n) is 15.1. The van der Waals surface area contributed by atoms with Crippen LogP contribution in [-0.2, 0) is 0 Å². The summed E-state index contributed by atoms with van der Waals surface area (Å²) in [5, 5.41) is 0.184. The Hall–Kier alpha value is -0.945. The summed E-state index contributed by atoms with van der Waals surface area (Å²) in [7, 11) is 5.18. The Morgan fingerprint density at radius 3 is 2.14 bits per heavy atom. The van der Waals surface area contributed by atoms with Gasteiger partial charge in [-0.05, 0) is 59.8 Å². The Morgan fingerprint density at radius 2 is 1.64 bits per heavy atom. The molecule has 118 valence electrons. The van der Waals surface area contributed by atoms with Crippen LogP contribution in [0.15, 0.2) is 24.5 Å². The molecular weight excluding hydrogens is 286 g/mol. The van der Waals surface area contributed by atoms with Crippen molar-refractivity contribution in [3.05, 3.63) is 41.2 Å². The molecule has 1 aliphatic rings. The molecule has 1 aromatic carbocycles. The Bertz CT molecular complexity index is 564. The molecule has 0 saturated heterocycles. The van der Waals surface area contributed by atoms with Gasteiger partial charge in [0.1, 0.15) is 6.29 Å². The molecule has 1 aliphatic heterocycles. The second kappa shape index (κ2) is 5.93. The smallest absolute Gasteiger partial charge is 0.328 e. The van der Waals surface area contributed by atoms with E-state index in [1.807, 2.05) is 0 Å². The van der Waals surface area contributed by atoms with E-state index in [4.69, 9.17) is 7.57 Å². The third-order valence-corrected chi connectivity index (χ3v) is 8.74. The predicted molar refractivity (Wildman–Crippen MR) is 102 cm³/mol. The van der Waals surface area contributed by atoms with Crippen LogP contribution < -0.4 is 4.90 Å². The molecule has 1 aromatic rings. The fourth-order valence-corrected chi connectivity index (χ4v) is 4.28. The van der Waals surface area contributed by atoms with Gasteiger partial charge in [-0.2, -0.15) is 0 Å². The highest BCUT2D eigenvalue weighted by Crippen LogP contribution is 2.62. The molecule has 0 fully saturated rings. The van der Waals surface area contributed by atoms with Crippen LogP contribution in [0.3, 0.4) is 0 Å². The van der Waals surface area contributed by atoms with E-state index in [1.165, 1.54) is 22.4 Å². The molecule has 1 unspecified atom stereocenters. The highest BCUT2D eigenvalue weighted by molar-refractivity contribution is 7.97. The zero-order valence-corrected chi connectivity index (χ0v) is 16.0. The molecule has 0 amide bonds. The van der Waals surface area contributed by atoms with Crippen LogP contribution in [0.2, 0.25) is 0 Å². The van der Waals surface area contributed by atoms with Gasteiger partial charge in [-0.15, -0.1) is 0 Å². The number of anilines is 1. The Balaban J connectivity index is 2.14. The lowest BCUT2D eigenvalue weighted by Gasteiger charge is -2.36. The maximum absolute atomic E-state index is 6.65. The van der Waals surface area contributed by atoms with E-state index >= 15 is 0 Å². The van der Waals surface area contributed by atoms with Gasteiger partial charge in [-0.3, -0.25) is 0 Å². The van der Waals surface area contributed by atoms with Gasteiger partial charge in [0.2, 0.25) is 0 Å². The average molecular weight is 315 g/mol. The summed E-state index contributed by atoms with van der Waals surface area (Å²) in [6, 6.07) is 4.52. The first-order valence-electron chi connectivity index (χ1n) is 7.92. The van der Waals surface area contributed by atoms with E-state index in [9.17, 15) is 0 Å². The Kier molecular flexibility index (Phi) is 4.69. The van der Waals surface area contributed by atoms with Crippen LogP contribution in [0.4, 0.5) is 5.69 Å². The first-order chi connectivity index (χ1) is 10.0. The number of hydrogen-bond donors (Lipinski definition) is 0. The van der Waals surface area contributed by atoms with Crippen molar-refractivity contribution in [3.63, 3.8) is 0 Å². The third kappa shape index (κ3) is 3.51. The number of nitrogens with zero attached hydrogens (tertiary/aromatic N) is 2. The molecule has 2 rings (SSSR count). The minimum absolute atomic E-state index is 0.184. The molecule has 1 atom stereocenters. The van der Waals surface area contributed by atoms with Gasteiger partial charge in [0.05, 0.1) is 11.8 Å². The van der Waals surface area contributed by atoms with E-state index in [0.717, 1.165) is 13.0 Å². The first kappa shape index (κ1) is 17.4.